The van der Waals surface area contributed by atoms with Crippen LogP contribution < -0.4 is 0 Å². The van der Waals surface area contributed by atoms with Gasteiger partial charge in [-0.25, -0.2) is 4.79 Å². The number of aryl methyl sites for hydroxylation is 1. The Morgan fingerprint density at radius 2 is 2.00 bits per heavy atom. The fourth-order valence-electron chi connectivity index (χ4n) is 5.21. The van der Waals surface area contributed by atoms with Crippen molar-refractivity contribution in [3.63, 3.8) is 0 Å². The second kappa shape index (κ2) is 6.09. The van der Waals surface area contributed by atoms with Gasteiger partial charge in [0.05, 0.1) is 0 Å². The molecule has 1 aromatic carbocycles. The number of rotatable bonds is 4. The fourth-order valence-corrected chi connectivity index (χ4v) is 5.21. The van der Waals surface area contributed by atoms with Crippen LogP contribution in [0.5, 0.6) is 0 Å². The van der Waals surface area contributed by atoms with E-state index in [4.69, 9.17) is 4.74 Å². The van der Waals surface area contributed by atoms with Crippen molar-refractivity contribution in [2.75, 3.05) is 7.05 Å². The topological polar surface area (TPSA) is 75.3 Å². The average molecular weight is 393 g/mol. The summed E-state index contributed by atoms with van der Waals surface area (Å²) in [5.74, 6) is 0. The summed E-state index contributed by atoms with van der Waals surface area (Å²) in [5.41, 5.74) is 2.67. The molecule has 0 radical (unpaired) electrons. The molecule has 0 atom stereocenters. The molecule has 29 heavy (non-hydrogen) atoms. The van der Waals surface area contributed by atoms with E-state index in [1.807, 2.05) is 52.9 Å². The van der Waals surface area contributed by atoms with Gasteiger partial charge in [-0.1, -0.05) is 0 Å². The molecule has 3 fully saturated rings. The molecule has 0 saturated heterocycles. The largest absolute Gasteiger partial charge is 0.444 e. The van der Waals surface area contributed by atoms with Crippen molar-refractivity contribution in [1.29, 1.82) is 5.26 Å². The molecule has 3 saturated carbocycles. The lowest BCUT2D eigenvalue weighted by Gasteiger charge is -2.73. The molecule has 6 nitrogen and oxygen atoms in total. The molecule has 2 bridgehead atoms. The highest BCUT2D eigenvalue weighted by Gasteiger charge is 2.70. The summed E-state index contributed by atoms with van der Waals surface area (Å²) in [4.78, 5) is 25.5. The highest BCUT2D eigenvalue weighted by atomic mass is 16.6. The van der Waals surface area contributed by atoms with Crippen molar-refractivity contribution in [2.45, 2.75) is 64.6 Å². The Labute approximate surface area is 171 Å². The van der Waals surface area contributed by atoms with E-state index in [9.17, 15) is 14.9 Å². The summed E-state index contributed by atoms with van der Waals surface area (Å²) >= 11 is 0. The number of aromatic nitrogens is 1. The van der Waals surface area contributed by atoms with Crippen molar-refractivity contribution in [1.82, 2.24) is 9.47 Å². The van der Waals surface area contributed by atoms with Gasteiger partial charge in [-0.15, -0.1) is 0 Å². The van der Waals surface area contributed by atoms with Crippen molar-refractivity contribution in [3.05, 3.63) is 35.0 Å². The quantitative estimate of drug-likeness (QED) is 0.721. The molecular formula is C23H27N3O3. The number of aldehydes is 1. The molecule has 0 aliphatic heterocycles. The van der Waals surface area contributed by atoms with E-state index in [1.54, 1.807) is 4.90 Å². The first-order valence-electron chi connectivity index (χ1n) is 9.98. The fraction of sp³-hybridized carbons (Fsp3) is 0.522. The van der Waals surface area contributed by atoms with Gasteiger partial charge in [0.25, 0.3) is 0 Å². The third-order valence-electron chi connectivity index (χ3n) is 6.62. The van der Waals surface area contributed by atoms with Crippen molar-refractivity contribution in [3.8, 4) is 6.07 Å². The Morgan fingerprint density at radius 1 is 1.34 bits per heavy atom. The Kier molecular flexibility index (Phi) is 4.10. The van der Waals surface area contributed by atoms with Crippen LogP contribution in [-0.4, -0.2) is 40.0 Å². The van der Waals surface area contributed by atoms with Gasteiger partial charge in [0, 0.05) is 35.6 Å². The number of fused-ring (bicyclic) bond motifs is 1. The van der Waals surface area contributed by atoms with Crippen LogP contribution in [0.3, 0.4) is 0 Å². The van der Waals surface area contributed by atoms with E-state index >= 15 is 0 Å². The van der Waals surface area contributed by atoms with Gasteiger partial charge in [-0.05, 0) is 76.1 Å². The van der Waals surface area contributed by atoms with E-state index in [0.717, 1.165) is 48.6 Å². The SMILES string of the molecule is Cc1c(C=O)ccc2c1cc(C#N)n2CC12CC(N(C)C(=O)OC(C)(C)C)(C1)C2. The maximum atomic E-state index is 12.4. The molecule has 1 amide bonds. The molecular weight excluding hydrogens is 366 g/mol. The molecule has 3 aliphatic carbocycles. The second-order valence-corrected chi connectivity index (χ2v) is 9.85. The second-order valence-electron chi connectivity index (χ2n) is 9.85. The van der Waals surface area contributed by atoms with Crippen LogP contribution in [-0.2, 0) is 11.3 Å². The van der Waals surface area contributed by atoms with Crippen LogP contribution in [0, 0.1) is 23.7 Å². The van der Waals surface area contributed by atoms with Crippen molar-refractivity contribution >= 4 is 23.3 Å². The lowest BCUT2D eigenvalue weighted by Crippen LogP contribution is -2.75. The lowest BCUT2D eigenvalue weighted by molar-refractivity contribution is -0.211. The Bertz CT molecular complexity index is 1050. The van der Waals surface area contributed by atoms with Gasteiger partial charge in [-0.3, -0.25) is 4.79 Å². The minimum atomic E-state index is -0.503. The predicted octanol–water partition coefficient (Wildman–Crippen LogP) is 4.42. The number of benzene rings is 1. The smallest absolute Gasteiger partial charge is 0.410 e. The highest BCUT2D eigenvalue weighted by Crippen LogP contribution is 2.70. The molecule has 0 unspecified atom stereocenters. The van der Waals surface area contributed by atoms with Gasteiger partial charge in [0.15, 0.2) is 0 Å². The van der Waals surface area contributed by atoms with Gasteiger partial charge in [-0.2, -0.15) is 5.26 Å². The summed E-state index contributed by atoms with van der Waals surface area (Å²) < 4.78 is 7.60. The van der Waals surface area contributed by atoms with Crippen LogP contribution >= 0.6 is 0 Å². The highest BCUT2D eigenvalue weighted by molar-refractivity contribution is 5.92. The molecule has 0 N–H and O–H groups in total. The van der Waals surface area contributed by atoms with Gasteiger partial charge in [0.1, 0.15) is 23.7 Å². The van der Waals surface area contributed by atoms with Gasteiger partial charge in [0.2, 0.25) is 0 Å². The molecule has 1 heterocycles. The maximum absolute atomic E-state index is 12.4. The van der Waals surface area contributed by atoms with Crippen molar-refractivity contribution < 1.29 is 14.3 Å². The van der Waals surface area contributed by atoms with E-state index in [0.29, 0.717) is 11.3 Å². The van der Waals surface area contributed by atoms with Crippen LogP contribution in [0.2, 0.25) is 0 Å². The summed E-state index contributed by atoms with van der Waals surface area (Å²) in [6.45, 7) is 8.30. The Hall–Kier alpha value is -2.81. The van der Waals surface area contributed by atoms with Gasteiger partial charge >= 0.3 is 6.09 Å². The van der Waals surface area contributed by atoms with E-state index in [2.05, 4.69) is 10.6 Å². The number of carbonyl (C=O) groups excluding carboxylic acids is 2. The van der Waals surface area contributed by atoms with Crippen LogP contribution in [0.25, 0.3) is 10.9 Å². The maximum Gasteiger partial charge on any atom is 0.410 e. The number of carbonyl (C=O) groups is 2. The molecule has 1 aromatic heterocycles. The minimum absolute atomic E-state index is 0.112. The first kappa shape index (κ1) is 19.5. The van der Waals surface area contributed by atoms with E-state index in [-0.39, 0.29) is 17.0 Å². The Balaban J connectivity index is 1.54. The summed E-state index contributed by atoms with van der Waals surface area (Å²) in [5, 5.41) is 10.6. The van der Waals surface area contributed by atoms with Crippen LogP contribution in [0.4, 0.5) is 4.79 Å². The summed E-state index contributed by atoms with van der Waals surface area (Å²) in [7, 11) is 1.83. The Morgan fingerprint density at radius 3 is 2.55 bits per heavy atom. The van der Waals surface area contributed by atoms with Crippen LogP contribution in [0.15, 0.2) is 18.2 Å². The number of amides is 1. The lowest BCUT2D eigenvalue weighted by atomic mass is 9.39. The number of ether oxygens (including phenoxy) is 1. The molecule has 6 heteroatoms. The van der Waals surface area contributed by atoms with E-state index in [1.165, 1.54) is 0 Å². The van der Waals surface area contributed by atoms with E-state index < -0.39 is 5.60 Å². The number of nitriles is 1. The molecule has 5 rings (SSSR count). The van der Waals surface area contributed by atoms with Crippen LogP contribution in [0.1, 0.15) is 61.6 Å². The number of nitrogens with zero attached hydrogens (tertiary/aromatic N) is 3. The third kappa shape index (κ3) is 2.91. The van der Waals surface area contributed by atoms with Gasteiger partial charge < -0.3 is 14.2 Å². The molecule has 0 spiro atoms. The zero-order chi connectivity index (χ0) is 21.2. The average Bonchev–Trinajstić information content (AvgIpc) is 2.93. The van der Waals surface area contributed by atoms with Crippen molar-refractivity contribution in [2.24, 2.45) is 5.41 Å². The zero-order valence-electron chi connectivity index (χ0n) is 17.7. The standard InChI is InChI=1S/C23H27N3O3/c1-15-16(10-27)6-7-19-18(15)8-17(9-24)26(19)14-22-11-23(12-22,13-22)25(5)20(28)29-21(2,3)4/h6-8,10H,11-14H2,1-5H3. The zero-order valence-corrected chi connectivity index (χ0v) is 17.7. The molecule has 152 valence electrons. The summed E-state index contributed by atoms with van der Waals surface area (Å²) in [6, 6.07) is 7.94. The number of hydrogen-bond donors (Lipinski definition) is 0. The summed E-state index contributed by atoms with van der Waals surface area (Å²) in [6.07, 6.45) is 3.35. The normalized spacial score (nSPS) is 25.0. The first-order valence-corrected chi connectivity index (χ1v) is 9.98. The molecule has 2 aromatic rings. The third-order valence-corrected chi connectivity index (χ3v) is 6.62. The minimum Gasteiger partial charge on any atom is -0.444 e. The monoisotopic (exact) mass is 393 g/mol. The first-order chi connectivity index (χ1) is 13.5. The predicted molar refractivity (Wildman–Crippen MR) is 110 cm³/mol. The number of hydrogen-bond acceptors (Lipinski definition) is 4. The molecule has 3 aliphatic rings.